The zero-order chi connectivity index (χ0) is 34.4. The zero-order valence-corrected chi connectivity index (χ0v) is 32.9. The first kappa shape index (κ1) is 33.9. The van der Waals surface area contributed by atoms with E-state index in [0.29, 0.717) is 34.8 Å². The third-order valence-corrected chi connectivity index (χ3v) is 19.8. The molecule has 0 N–H and O–H groups in total. The van der Waals surface area contributed by atoms with Gasteiger partial charge in [0.05, 0.1) is 8.07 Å². The molecule has 0 radical (unpaired) electrons. The minimum absolute atomic E-state index is 0.0349. The Labute approximate surface area is 293 Å². The first-order valence-electron chi connectivity index (χ1n) is 19.3. The van der Waals surface area contributed by atoms with Gasteiger partial charge in [0.2, 0.25) is 0 Å². The highest BCUT2D eigenvalue weighted by Gasteiger charge is 2.60. The van der Waals surface area contributed by atoms with Crippen molar-refractivity contribution in [3.8, 4) is 5.75 Å². The summed E-state index contributed by atoms with van der Waals surface area (Å²) in [6.07, 6.45) is 14.7. The monoisotopic (exact) mass is 658 g/mol. The van der Waals surface area contributed by atoms with Crippen molar-refractivity contribution in [3.63, 3.8) is 0 Å². The molecular formula is C46H62OSi. The number of ether oxygens (including phenoxy) is 1. The second-order valence-corrected chi connectivity index (χ2v) is 23.8. The van der Waals surface area contributed by atoms with Crippen LogP contribution in [0.5, 0.6) is 5.75 Å². The highest BCUT2D eigenvalue weighted by atomic mass is 28.3. The van der Waals surface area contributed by atoms with Gasteiger partial charge in [-0.2, -0.15) is 0 Å². The third-order valence-electron chi connectivity index (χ3n) is 13.9. The normalized spacial score (nSPS) is 28.2. The predicted octanol–water partition coefficient (Wildman–Crippen LogP) is 12.7. The average molecular weight is 659 g/mol. The molecule has 1 nitrogen and oxygen atoms in total. The molecule has 5 aliphatic rings. The molecule has 0 aliphatic heterocycles. The molecule has 1 saturated carbocycles. The number of rotatable bonds is 7. The van der Waals surface area contributed by atoms with Crippen molar-refractivity contribution < 1.29 is 4.74 Å². The van der Waals surface area contributed by atoms with E-state index in [1.54, 1.807) is 21.9 Å². The summed E-state index contributed by atoms with van der Waals surface area (Å²) < 4.78 is 6.84. The summed E-state index contributed by atoms with van der Waals surface area (Å²) in [5.74, 6) is 2.34. The third kappa shape index (κ3) is 5.05. The van der Waals surface area contributed by atoms with Crippen LogP contribution in [-0.2, 0) is 0 Å². The van der Waals surface area contributed by atoms with Crippen molar-refractivity contribution in [2.75, 3.05) is 6.61 Å². The average Bonchev–Trinajstić information content (AvgIpc) is 3.36. The van der Waals surface area contributed by atoms with Gasteiger partial charge >= 0.3 is 0 Å². The fraction of sp³-hybridized carbons (Fsp3) is 0.565. The first-order chi connectivity index (χ1) is 22.6. The van der Waals surface area contributed by atoms with E-state index < -0.39 is 8.07 Å². The molecule has 0 heterocycles. The predicted molar refractivity (Wildman–Crippen MR) is 210 cm³/mol. The molecule has 0 amide bonds. The molecule has 1 fully saturated rings. The Morgan fingerprint density at radius 3 is 2.17 bits per heavy atom. The van der Waals surface area contributed by atoms with Crippen LogP contribution >= 0.6 is 0 Å². The topological polar surface area (TPSA) is 9.23 Å². The number of fused-ring (bicyclic) bond motifs is 6. The van der Waals surface area contributed by atoms with E-state index >= 15 is 0 Å². The maximum atomic E-state index is 6.84. The Morgan fingerprint density at radius 2 is 1.48 bits per heavy atom. The molecule has 7 rings (SSSR count). The van der Waals surface area contributed by atoms with Crippen LogP contribution in [0, 0.1) is 33.5 Å². The van der Waals surface area contributed by atoms with Crippen LogP contribution in [0.2, 0.25) is 17.6 Å². The maximum absolute atomic E-state index is 6.84. The Balaban J connectivity index is 1.57. The van der Waals surface area contributed by atoms with E-state index in [1.807, 2.05) is 22.8 Å². The lowest BCUT2D eigenvalue weighted by Gasteiger charge is -2.54. The van der Waals surface area contributed by atoms with Gasteiger partial charge < -0.3 is 4.74 Å². The highest BCUT2D eigenvalue weighted by Crippen LogP contribution is 2.70. The molecule has 256 valence electrons. The molecule has 2 aromatic carbocycles. The Hall–Kier alpha value is -2.58. The van der Waals surface area contributed by atoms with Crippen molar-refractivity contribution in [2.45, 2.75) is 125 Å². The molecule has 48 heavy (non-hydrogen) atoms. The van der Waals surface area contributed by atoms with Gasteiger partial charge in [0.15, 0.2) is 0 Å². The molecule has 0 aromatic heterocycles. The molecule has 0 spiro atoms. The lowest BCUT2D eigenvalue weighted by molar-refractivity contribution is 0.185. The van der Waals surface area contributed by atoms with Crippen molar-refractivity contribution in [1.82, 2.24) is 0 Å². The minimum atomic E-state index is -2.23. The van der Waals surface area contributed by atoms with E-state index in [0.717, 1.165) is 5.75 Å². The largest absolute Gasteiger partial charge is 0.489 e. The molecule has 0 saturated heterocycles. The van der Waals surface area contributed by atoms with E-state index in [4.69, 9.17) is 4.74 Å². The van der Waals surface area contributed by atoms with E-state index in [-0.39, 0.29) is 10.8 Å². The van der Waals surface area contributed by atoms with Crippen molar-refractivity contribution >= 4 is 24.0 Å². The van der Waals surface area contributed by atoms with E-state index in [2.05, 4.69) is 124 Å². The summed E-state index contributed by atoms with van der Waals surface area (Å²) >= 11 is 0. The second-order valence-electron chi connectivity index (χ2n) is 18.9. The quantitative estimate of drug-likeness (QED) is 0.212. The highest BCUT2D eigenvalue weighted by molar-refractivity contribution is 6.94. The summed E-state index contributed by atoms with van der Waals surface area (Å²) in [7, 11) is -2.23. The Bertz CT molecular complexity index is 1780. The molecular weight excluding hydrogens is 597 g/mol. The SMILES string of the molecule is C=CCOc1c([Si](CC)(CC)C2C3=C(CCC(C)(C)C3)C3=C4C(=C5CCC(C)(C)CC5C32)C(C)(C)C=CC4(C)C)ccc2ccccc12. The summed E-state index contributed by atoms with van der Waals surface area (Å²) in [4.78, 5) is 0. The fourth-order valence-electron chi connectivity index (χ4n) is 11.5. The summed E-state index contributed by atoms with van der Waals surface area (Å²) in [6.45, 7) is 30.0. The van der Waals surface area contributed by atoms with Crippen LogP contribution in [0.4, 0.5) is 0 Å². The van der Waals surface area contributed by atoms with Crippen LogP contribution in [0.25, 0.3) is 10.8 Å². The molecule has 2 heteroatoms. The van der Waals surface area contributed by atoms with Gasteiger partial charge in [-0.3, -0.25) is 0 Å². The lowest BCUT2D eigenvalue weighted by Crippen LogP contribution is -2.55. The van der Waals surface area contributed by atoms with Crippen LogP contribution in [0.3, 0.4) is 0 Å². The zero-order valence-electron chi connectivity index (χ0n) is 31.9. The molecule has 5 aliphatic carbocycles. The van der Waals surface area contributed by atoms with Crippen molar-refractivity contribution in [2.24, 2.45) is 33.5 Å². The van der Waals surface area contributed by atoms with Gasteiger partial charge in [0, 0.05) is 16.2 Å². The molecule has 3 atom stereocenters. The van der Waals surface area contributed by atoms with Gasteiger partial charge in [-0.05, 0) is 99.6 Å². The first-order valence-corrected chi connectivity index (χ1v) is 21.8. The number of allylic oxidation sites excluding steroid dienone is 8. The van der Waals surface area contributed by atoms with E-state index in [9.17, 15) is 0 Å². The van der Waals surface area contributed by atoms with Crippen LogP contribution in [-0.4, -0.2) is 14.7 Å². The molecule has 0 bridgehead atoms. The van der Waals surface area contributed by atoms with Crippen molar-refractivity contribution in [3.05, 3.63) is 94.6 Å². The lowest BCUT2D eigenvalue weighted by atomic mass is 9.52. The number of benzene rings is 2. The van der Waals surface area contributed by atoms with Gasteiger partial charge in [0.25, 0.3) is 0 Å². The number of hydrogen-bond acceptors (Lipinski definition) is 1. The fourth-order valence-corrected chi connectivity index (χ4v) is 17.1. The van der Waals surface area contributed by atoms with Gasteiger partial charge in [-0.15, -0.1) is 0 Å². The Kier molecular flexibility index (Phi) is 8.10. The maximum Gasteiger partial charge on any atom is 0.126 e. The van der Waals surface area contributed by atoms with Gasteiger partial charge in [0.1, 0.15) is 12.4 Å². The summed E-state index contributed by atoms with van der Waals surface area (Å²) in [5, 5.41) is 4.12. The van der Waals surface area contributed by atoms with Gasteiger partial charge in [-0.25, -0.2) is 0 Å². The second kappa shape index (κ2) is 11.5. The standard InChI is InChI=1S/C46H62OSi/c1-12-27-47-41-31-18-16-15-17-30(31)19-20-36(41)48(13-2,14-3)42-35-29-44(6,7)23-21-32(35)37-38(42)34-28-43(4,5)24-22-33(34)39-40(37)46(10,11)26-25-45(39,8)9/h12,15-20,25-26,34,38,42H,1,13-14,21-24,27-29H2,2-11H3. The number of hydrogen-bond donors (Lipinski definition) is 0. The smallest absolute Gasteiger partial charge is 0.126 e. The Morgan fingerprint density at radius 1 is 0.812 bits per heavy atom. The van der Waals surface area contributed by atoms with Gasteiger partial charge in [-0.1, -0.05) is 154 Å². The van der Waals surface area contributed by atoms with Crippen LogP contribution in [0.15, 0.2) is 94.6 Å². The van der Waals surface area contributed by atoms with Crippen molar-refractivity contribution in [1.29, 1.82) is 0 Å². The molecule has 2 aromatic rings. The van der Waals surface area contributed by atoms with Crippen LogP contribution in [0.1, 0.15) is 108 Å². The summed E-state index contributed by atoms with van der Waals surface area (Å²) in [6, 6.07) is 16.3. The summed E-state index contributed by atoms with van der Waals surface area (Å²) in [5.41, 5.74) is 12.2. The van der Waals surface area contributed by atoms with E-state index in [1.165, 1.54) is 61.4 Å². The minimum Gasteiger partial charge on any atom is -0.489 e. The molecule has 3 unspecified atom stereocenters. The van der Waals surface area contributed by atoms with Crippen LogP contribution < -0.4 is 9.92 Å².